The largest absolute Gasteiger partial charge is 0.300 e. The van der Waals surface area contributed by atoms with Gasteiger partial charge in [0.2, 0.25) is 5.95 Å². The maximum Gasteiger partial charge on any atom is 0.213 e. The van der Waals surface area contributed by atoms with E-state index in [-0.39, 0.29) is 0 Å². The normalized spacial score (nSPS) is 11.4. The number of nitrogens with zero attached hydrogens (tertiary/aromatic N) is 2. The molecule has 0 bridgehead atoms. The van der Waals surface area contributed by atoms with Crippen LogP contribution in [0.4, 0.5) is 4.39 Å². The van der Waals surface area contributed by atoms with Gasteiger partial charge in [-0.3, -0.25) is 4.90 Å². The van der Waals surface area contributed by atoms with Crippen molar-refractivity contribution < 1.29 is 4.39 Å². The Bertz CT molecular complexity index is 315. The van der Waals surface area contributed by atoms with Gasteiger partial charge < -0.3 is 0 Å². The number of pyridine rings is 1. The summed E-state index contributed by atoms with van der Waals surface area (Å²) in [5.74, 6) is -0.412. The summed E-state index contributed by atoms with van der Waals surface area (Å²) in [6.07, 6.45) is 1.61. The van der Waals surface area contributed by atoms with E-state index < -0.39 is 5.95 Å². The summed E-state index contributed by atoms with van der Waals surface area (Å²) in [6, 6.07) is 1.94. The van der Waals surface area contributed by atoms with Gasteiger partial charge in [-0.25, -0.2) is 4.98 Å². The predicted octanol–water partition coefficient (Wildman–Crippen LogP) is 2.67. The zero-order valence-electron chi connectivity index (χ0n) is 8.59. The Balaban J connectivity index is 2.77. The minimum Gasteiger partial charge on any atom is -0.300 e. The van der Waals surface area contributed by atoms with Crippen LogP contribution < -0.4 is 0 Å². The second-order valence-electron chi connectivity index (χ2n) is 3.61. The van der Waals surface area contributed by atoms with E-state index in [1.807, 2.05) is 7.05 Å². The average Bonchev–Trinajstić information content (AvgIpc) is 2.09. The highest BCUT2D eigenvalue weighted by Gasteiger charge is 2.08. The van der Waals surface area contributed by atoms with Crippen LogP contribution in [0, 0.1) is 9.52 Å². The van der Waals surface area contributed by atoms with E-state index in [4.69, 9.17) is 0 Å². The van der Waals surface area contributed by atoms with E-state index in [0.29, 0.717) is 6.04 Å². The molecule has 78 valence electrons. The Morgan fingerprint density at radius 2 is 2.21 bits per heavy atom. The molecular weight excluding hydrogens is 294 g/mol. The minimum absolute atomic E-state index is 0.412. The highest BCUT2D eigenvalue weighted by atomic mass is 127. The average molecular weight is 308 g/mol. The van der Waals surface area contributed by atoms with Crippen LogP contribution in [0.2, 0.25) is 0 Å². The van der Waals surface area contributed by atoms with Gasteiger partial charge in [0.1, 0.15) is 0 Å². The number of hydrogen-bond acceptors (Lipinski definition) is 2. The topological polar surface area (TPSA) is 16.1 Å². The number of rotatable bonds is 3. The van der Waals surface area contributed by atoms with Crippen molar-refractivity contribution in [2.24, 2.45) is 0 Å². The lowest BCUT2D eigenvalue weighted by Gasteiger charge is -2.21. The highest BCUT2D eigenvalue weighted by molar-refractivity contribution is 14.1. The van der Waals surface area contributed by atoms with Gasteiger partial charge in [-0.2, -0.15) is 4.39 Å². The molecule has 0 atom stereocenters. The summed E-state index contributed by atoms with van der Waals surface area (Å²) in [7, 11) is 2.05. The Labute approximate surface area is 97.7 Å². The van der Waals surface area contributed by atoms with Crippen LogP contribution in [0.3, 0.4) is 0 Å². The van der Waals surface area contributed by atoms with Crippen molar-refractivity contribution >= 4 is 22.6 Å². The molecule has 4 heteroatoms. The lowest BCUT2D eigenvalue weighted by molar-refractivity contribution is 0.265. The first-order valence-electron chi connectivity index (χ1n) is 4.51. The van der Waals surface area contributed by atoms with E-state index in [0.717, 1.165) is 15.7 Å². The molecule has 1 aromatic rings. The zero-order chi connectivity index (χ0) is 10.7. The van der Waals surface area contributed by atoms with Crippen LogP contribution >= 0.6 is 22.6 Å². The molecule has 0 radical (unpaired) electrons. The second-order valence-corrected chi connectivity index (χ2v) is 4.77. The first-order chi connectivity index (χ1) is 6.50. The first-order valence-corrected chi connectivity index (χ1v) is 5.58. The lowest BCUT2D eigenvalue weighted by Crippen LogP contribution is -2.26. The summed E-state index contributed by atoms with van der Waals surface area (Å²) in [4.78, 5) is 5.85. The Morgan fingerprint density at radius 1 is 1.57 bits per heavy atom. The van der Waals surface area contributed by atoms with Gasteiger partial charge in [-0.1, -0.05) is 0 Å². The maximum absolute atomic E-state index is 12.7. The standard InChI is InChI=1S/C10H14FIN2/c1-7(2)14(3)6-8-5-13-10(11)4-9(8)12/h4-5,7H,6H2,1-3H3. The monoisotopic (exact) mass is 308 g/mol. The molecule has 0 saturated carbocycles. The Hall–Kier alpha value is -0.230. The quantitative estimate of drug-likeness (QED) is 0.630. The van der Waals surface area contributed by atoms with Crippen molar-refractivity contribution in [2.45, 2.75) is 26.4 Å². The molecule has 0 aliphatic heterocycles. The predicted molar refractivity (Wildman–Crippen MR) is 63.5 cm³/mol. The van der Waals surface area contributed by atoms with Gasteiger partial charge in [0.05, 0.1) is 0 Å². The maximum atomic E-state index is 12.7. The van der Waals surface area contributed by atoms with Crippen LogP contribution in [0.15, 0.2) is 12.3 Å². The van der Waals surface area contributed by atoms with E-state index >= 15 is 0 Å². The third-order valence-corrected chi connectivity index (χ3v) is 3.20. The molecule has 0 N–H and O–H groups in total. The van der Waals surface area contributed by atoms with Crippen molar-refractivity contribution in [2.75, 3.05) is 7.05 Å². The van der Waals surface area contributed by atoms with Gasteiger partial charge in [-0.05, 0) is 49.0 Å². The molecule has 14 heavy (non-hydrogen) atoms. The Morgan fingerprint density at radius 3 is 2.71 bits per heavy atom. The van der Waals surface area contributed by atoms with Gasteiger partial charge in [0.25, 0.3) is 0 Å². The third-order valence-electron chi connectivity index (χ3n) is 2.20. The fraction of sp³-hybridized carbons (Fsp3) is 0.500. The van der Waals surface area contributed by atoms with Crippen molar-refractivity contribution in [1.29, 1.82) is 0 Å². The van der Waals surface area contributed by atoms with Crippen LogP contribution in [0.1, 0.15) is 19.4 Å². The van der Waals surface area contributed by atoms with Crippen LogP contribution in [0.25, 0.3) is 0 Å². The molecule has 2 nitrogen and oxygen atoms in total. The SMILES string of the molecule is CC(C)N(C)Cc1cnc(F)cc1I. The molecule has 1 rings (SSSR count). The van der Waals surface area contributed by atoms with E-state index in [1.165, 1.54) is 6.07 Å². The summed E-state index contributed by atoms with van der Waals surface area (Å²) in [6.45, 7) is 5.07. The highest BCUT2D eigenvalue weighted by Crippen LogP contribution is 2.14. The molecule has 0 unspecified atom stereocenters. The van der Waals surface area contributed by atoms with Gasteiger partial charge in [0.15, 0.2) is 0 Å². The molecule has 0 amide bonds. The van der Waals surface area contributed by atoms with E-state index in [1.54, 1.807) is 6.20 Å². The molecule has 1 heterocycles. The van der Waals surface area contributed by atoms with Crippen molar-refractivity contribution in [3.8, 4) is 0 Å². The number of aromatic nitrogens is 1. The molecular formula is C10H14FIN2. The fourth-order valence-corrected chi connectivity index (χ4v) is 1.57. The van der Waals surface area contributed by atoms with Crippen LogP contribution in [-0.4, -0.2) is 23.0 Å². The summed E-state index contributed by atoms with van der Waals surface area (Å²) < 4.78 is 13.6. The number of halogens is 2. The molecule has 0 aromatic carbocycles. The van der Waals surface area contributed by atoms with Gasteiger partial charge >= 0.3 is 0 Å². The van der Waals surface area contributed by atoms with Crippen molar-refractivity contribution in [3.05, 3.63) is 27.3 Å². The third kappa shape index (κ3) is 3.16. The summed E-state index contributed by atoms with van der Waals surface area (Å²) in [5.41, 5.74) is 1.07. The summed E-state index contributed by atoms with van der Waals surface area (Å²) >= 11 is 2.14. The van der Waals surface area contributed by atoms with E-state index in [9.17, 15) is 4.39 Å². The number of hydrogen-bond donors (Lipinski definition) is 0. The summed E-state index contributed by atoms with van der Waals surface area (Å²) in [5, 5.41) is 0. The zero-order valence-corrected chi connectivity index (χ0v) is 10.7. The minimum atomic E-state index is -0.412. The molecule has 0 saturated heterocycles. The molecule has 0 aliphatic carbocycles. The molecule has 0 aliphatic rings. The van der Waals surface area contributed by atoms with Gasteiger partial charge in [-0.15, -0.1) is 0 Å². The fourth-order valence-electron chi connectivity index (χ4n) is 1.00. The molecule has 0 spiro atoms. The molecule has 0 fully saturated rings. The van der Waals surface area contributed by atoms with E-state index in [2.05, 4.69) is 46.3 Å². The second kappa shape index (κ2) is 5.02. The lowest BCUT2D eigenvalue weighted by atomic mass is 10.2. The molecule has 1 aromatic heterocycles. The smallest absolute Gasteiger partial charge is 0.213 e. The Kier molecular flexibility index (Phi) is 4.25. The van der Waals surface area contributed by atoms with Crippen molar-refractivity contribution in [1.82, 2.24) is 9.88 Å². The van der Waals surface area contributed by atoms with Crippen molar-refractivity contribution in [3.63, 3.8) is 0 Å². The van der Waals surface area contributed by atoms with Gasteiger partial charge in [0, 0.05) is 28.4 Å². The van der Waals surface area contributed by atoms with Crippen LogP contribution in [0.5, 0.6) is 0 Å². The van der Waals surface area contributed by atoms with Crippen LogP contribution in [-0.2, 0) is 6.54 Å². The first kappa shape index (κ1) is 11.8.